The first-order valence-electron chi connectivity index (χ1n) is 9.82. The monoisotopic (exact) mass is 364 g/mol. The van der Waals surface area contributed by atoms with Gasteiger partial charge in [0, 0.05) is 5.56 Å². The van der Waals surface area contributed by atoms with E-state index >= 15 is 0 Å². The van der Waals surface area contributed by atoms with Crippen LogP contribution in [0, 0.1) is 12.8 Å². The molecular weight excluding hydrogens is 336 g/mol. The molecular formula is C23H28N2O2. The molecule has 0 bridgehead atoms. The van der Waals surface area contributed by atoms with E-state index in [2.05, 4.69) is 22.8 Å². The van der Waals surface area contributed by atoms with Crippen LogP contribution in [0.25, 0.3) is 0 Å². The number of rotatable bonds is 6. The van der Waals surface area contributed by atoms with Gasteiger partial charge in [-0.05, 0) is 43.4 Å². The summed E-state index contributed by atoms with van der Waals surface area (Å²) in [4.78, 5) is 24.8. The van der Waals surface area contributed by atoms with E-state index in [1.54, 1.807) is 12.1 Å². The van der Waals surface area contributed by atoms with Gasteiger partial charge in [0.2, 0.25) is 5.91 Å². The molecule has 1 aliphatic rings. The van der Waals surface area contributed by atoms with Crippen LogP contribution in [-0.4, -0.2) is 18.4 Å². The minimum absolute atomic E-state index is 0.00952. The standard InChI is InChI=1S/C23H28N2O2/c1-17-12-14-20(15-13-17)23(27)24-16-21(26)25-22(18-8-4-2-5-9-18)19-10-6-3-7-11-19/h2,4-5,8-9,12-15,19,22H,3,6-7,10-11,16H2,1H3,(H,24,27)(H,25,26). The first kappa shape index (κ1) is 19.2. The second kappa shape index (κ2) is 9.36. The van der Waals surface area contributed by atoms with Gasteiger partial charge in [0.25, 0.3) is 5.91 Å². The molecule has 1 unspecified atom stereocenters. The van der Waals surface area contributed by atoms with Gasteiger partial charge in [-0.3, -0.25) is 9.59 Å². The molecule has 27 heavy (non-hydrogen) atoms. The zero-order valence-electron chi connectivity index (χ0n) is 15.9. The number of hydrogen-bond acceptors (Lipinski definition) is 2. The molecule has 0 aliphatic heterocycles. The highest BCUT2D eigenvalue weighted by molar-refractivity contribution is 5.96. The molecule has 1 fully saturated rings. The van der Waals surface area contributed by atoms with Crippen LogP contribution in [0.1, 0.15) is 59.6 Å². The maximum absolute atomic E-state index is 12.5. The third kappa shape index (κ3) is 5.43. The van der Waals surface area contributed by atoms with Crippen molar-refractivity contribution in [3.05, 3.63) is 71.3 Å². The van der Waals surface area contributed by atoms with Crippen LogP contribution in [-0.2, 0) is 4.79 Å². The summed E-state index contributed by atoms with van der Waals surface area (Å²) >= 11 is 0. The van der Waals surface area contributed by atoms with Crippen LogP contribution in [0.3, 0.4) is 0 Å². The minimum Gasteiger partial charge on any atom is -0.347 e. The number of carbonyl (C=O) groups excluding carboxylic acids is 2. The molecule has 2 amide bonds. The van der Waals surface area contributed by atoms with E-state index in [1.165, 1.54) is 19.3 Å². The van der Waals surface area contributed by atoms with Gasteiger partial charge >= 0.3 is 0 Å². The minimum atomic E-state index is -0.223. The summed E-state index contributed by atoms with van der Waals surface area (Å²) in [5.41, 5.74) is 2.81. The fourth-order valence-corrected chi connectivity index (χ4v) is 3.79. The van der Waals surface area contributed by atoms with Crippen molar-refractivity contribution in [2.24, 2.45) is 5.92 Å². The summed E-state index contributed by atoms with van der Waals surface area (Å²) in [6.07, 6.45) is 5.98. The van der Waals surface area contributed by atoms with Crippen molar-refractivity contribution in [2.75, 3.05) is 6.54 Å². The summed E-state index contributed by atoms with van der Waals surface area (Å²) in [5, 5.41) is 5.89. The van der Waals surface area contributed by atoms with Gasteiger partial charge < -0.3 is 10.6 Å². The maximum Gasteiger partial charge on any atom is 0.251 e. The molecule has 0 aromatic heterocycles. The van der Waals surface area contributed by atoms with E-state index in [4.69, 9.17) is 0 Å². The van der Waals surface area contributed by atoms with Crippen LogP contribution in [0.2, 0.25) is 0 Å². The number of nitrogens with one attached hydrogen (secondary N) is 2. The third-order valence-electron chi connectivity index (χ3n) is 5.32. The summed E-state index contributed by atoms with van der Waals surface area (Å²) in [7, 11) is 0. The Morgan fingerprint density at radius 2 is 1.63 bits per heavy atom. The molecule has 2 aromatic rings. The first-order chi connectivity index (χ1) is 13.1. The van der Waals surface area contributed by atoms with Crippen LogP contribution in [0.4, 0.5) is 0 Å². The highest BCUT2D eigenvalue weighted by atomic mass is 16.2. The van der Waals surface area contributed by atoms with E-state index < -0.39 is 0 Å². The molecule has 1 aliphatic carbocycles. The van der Waals surface area contributed by atoms with Gasteiger partial charge in [0.05, 0.1) is 12.6 Å². The van der Waals surface area contributed by atoms with Crippen molar-refractivity contribution < 1.29 is 9.59 Å². The molecule has 0 saturated heterocycles. The predicted molar refractivity (Wildman–Crippen MR) is 107 cm³/mol. The fourth-order valence-electron chi connectivity index (χ4n) is 3.79. The van der Waals surface area contributed by atoms with Gasteiger partial charge in [-0.2, -0.15) is 0 Å². The van der Waals surface area contributed by atoms with Crippen LogP contribution < -0.4 is 10.6 Å². The molecule has 2 N–H and O–H groups in total. The zero-order chi connectivity index (χ0) is 19.1. The van der Waals surface area contributed by atoms with E-state index in [9.17, 15) is 9.59 Å². The van der Waals surface area contributed by atoms with Crippen molar-refractivity contribution in [3.63, 3.8) is 0 Å². The summed E-state index contributed by atoms with van der Waals surface area (Å²) in [5.74, 6) is 0.0897. The Kier molecular flexibility index (Phi) is 6.64. The van der Waals surface area contributed by atoms with Gasteiger partial charge in [0.15, 0.2) is 0 Å². The predicted octanol–water partition coefficient (Wildman–Crippen LogP) is 4.16. The lowest BCUT2D eigenvalue weighted by Crippen LogP contribution is -2.41. The SMILES string of the molecule is Cc1ccc(C(=O)NCC(=O)NC(c2ccccc2)C2CCCCC2)cc1. The molecule has 4 heteroatoms. The third-order valence-corrected chi connectivity index (χ3v) is 5.32. The Morgan fingerprint density at radius 1 is 0.963 bits per heavy atom. The molecule has 0 spiro atoms. The fraction of sp³-hybridized carbons (Fsp3) is 0.391. The van der Waals surface area contributed by atoms with Crippen molar-refractivity contribution >= 4 is 11.8 Å². The Hall–Kier alpha value is -2.62. The lowest BCUT2D eigenvalue weighted by molar-refractivity contribution is -0.121. The molecule has 1 atom stereocenters. The van der Waals surface area contributed by atoms with Crippen molar-refractivity contribution in [1.82, 2.24) is 10.6 Å². The molecule has 2 aromatic carbocycles. The Morgan fingerprint density at radius 3 is 2.30 bits per heavy atom. The summed E-state index contributed by atoms with van der Waals surface area (Å²) in [6.45, 7) is 1.97. The van der Waals surface area contributed by atoms with Crippen molar-refractivity contribution in [3.8, 4) is 0 Å². The van der Waals surface area contributed by atoms with E-state index in [0.29, 0.717) is 11.5 Å². The number of hydrogen-bond donors (Lipinski definition) is 2. The van der Waals surface area contributed by atoms with Crippen LogP contribution >= 0.6 is 0 Å². The highest BCUT2D eigenvalue weighted by Gasteiger charge is 2.26. The molecule has 3 rings (SSSR count). The quantitative estimate of drug-likeness (QED) is 0.808. The normalized spacial score (nSPS) is 15.7. The molecule has 142 valence electrons. The van der Waals surface area contributed by atoms with Gasteiger partial charge in [0.1, 0.15) is 0 Å². The average Bonchev–Trinajstić information content (AvgIpc) is 2.72. The lowest BCUT2D eigenvalue weighted by atomic mass is 9.81. The van der Waals surface area contributed by atoms with Gasteiger partial charge in [-0.25, -0.2) is 0 Å². The second-order valence-corrected chi connectivity index (χ2v) is 7.40. The van der Waals surface area contributed by atoms with Crippen LogP contribution in [0.15, 0.2) is 54.6 Å². The second-order valence-electron chi connectivity index (χ2n) is 7.40. The smallest absolute Gasteiger partial charge is 0.251 e. The number of benzene rings is 2. The maximum atomic E-state index is 12.5. The van der Waals surface area contributed by atoms with Gasteiger partial charge in [-0.1, -0.05) is 67.3 Å². The number of aryl methyl sites for hydroxylation is 1. The van der Waals surface area contributed by atoms with Gasteiger partial charge in [-0.15, -0.1) is 0 Å². The van der Waals surface area contributed by atoms with Crippen molar-refractivity contribution in [2.45, 2.75) is 45.1 Å². The van der Waals surface area contributed by atoms with Crippen LogP contribution in [0.5, 0.6) is 0 Å². The largest absolute Gasteiger partial charge is 0.347 e. The summed E-state index contributed by atoms with van der Waals surface area (Å²) < 4.78 is 0. The first-order valence-corrected chi connectivity index (χ1v) is 9.82. The lowest BCUT2D eigenvalue weighted by Gasteiger charge is -2.31. The molecule has 4 nitrogen and oxygen atoms in total. The molecule has 1 saturated carbocycles. The summed E-state index contributed by atoms with van der Waals surface area (Å²) in [6, 6.07) is 17.5. The Labute approximate surface area is 161 Å². The Bertz CT molecular complexity index is 750. The van der Waals surface area contributed by atoms with E-state index in [0.717, 1.165) is 24.0 Å². The topological polar surface area (TPSA) is 58.2 Å². The number of carbonyl (C=O) groups is 2. The zero-order valence-corrected chi connectivity index (χ0v) is 15.9. The van der Waals surface area contributed by atoms with E-state index in [-0.39, 0.29) is 24.4 Å². The highest BCUT2D eigenvalue weighted by Crippen LogP contribution is 2.34. The van der Waals surface area contributed by atoms with Crippen molar-refractivity contribution in [1.29, 1.82) is 0 Å². The Balaban J connectivity index is 1.60. The molecule has 0 radical (unpaired) electrons. The average molecular weight is 364 g/mol. The van der Waals surface area contributed by atoms with E-state index in [1.807, 2.05) is 37.3 Å². The number of amides is 2. The molecule has 0 heterocycles.